The summed E-state index contributed by atoms with van der Waals surface area (Å²) in [6.07, 6.45) is -17.7. The van der Waals surface area contributed by atoms with Gasteiger partial charge in [-0.2, -0.15) is 0 Å². The lowest BCUT2D eigenvalue weighted by molar-refractivity contribution is -0.873. The predicted octanol–water partition coefficient (Wildman–Crippen LogP) is -3.20. The van der Waals surface area contributed by atoms with Crippen molar-refractivity contribution in [3.05, 3.63) is 0 Å². The standard InChI is InChI=1S/C12H23NO4.C6H18O24P6/c1-5-6-7-12(16)17-10(8-11(14)15)9-13(2,3)4;7-31(8,9)25-1-2(26-32(10,11)12)4(28-34(16,17)18)6(30-36(22,23)24)5(29-35(19,20)21)3(1)27-33(13,14)15/h10H,5-9H2,1-4H3;1-6H,(H2,7,8,9)(H2,10,11,12)(H2,13,14,15)(H2,16,17,18)(H2,19,20,21)(H2,22,23,24). The fourth-order valence-electron chi connectivity index (χ4n) is 4.30. The number of rotatable bonds is 20. The third kappa shape index (κ3) is 25.4. The van der Waals surface area contributed by atoms with E-state index >= 15 is 0 Å². The van der Waals surface area contributed by atoms with Gasteiger partial charge in [0.05, 0.1) is 21.1 Å². The Balaban J connectivity index is 0.00000133. The highest BCUT2D eigenvalue weighted by Crippen LogP contribution is 2.57. The summed E-state index contributed by atoms with van der Waals surface area (Å²) >= 11 is 0. The van der Waals surface area contributed by atoms with Crippen molar-refractivity contribution in [3.8, 4) is 0 Å². The lowest BCUT2D eigenvalue weighted by atomic mass is 9.85. The molecule has 1 fully saturated rings. The third-order valence-electron chi connectivity index (χ3n) is 5.68. The minimum Gasteiger partial charge on any atom is -0.550 e. The molecule has 29 nitrogen and oxygen atoms in total. The molecule has 1 unspecified atom stereocenters. The smallest absolute Gasteiger partial charge is 0.470 e. The zero-order chi connectivity index (χ0) is 42.2. The molecule has 53 heavy (non-hydrogen) atoms. The molecule has 0 heterocycles. The molecule has 1 rings (SSSR count). The van der Waals surface area contributed by atoms with E-state index in [4.69, 9.17) is 63.5 Å². The predicted molar refractivity (Wildman–Crippen MR) is 163 cm³/mol. The van der Waals surface area contributed by atoms with Crippen molar-refractivity contribution in [2.24, 2.45) is 0 Å². The molecule has 0 radical (unpaired) electrons. The van der Waals surface area contributed by atoms with Crippen molar-refractivity contribution < 1.29 is 137 Å². The van der Waals surface area contributed by atoms with Crippen molar-refractivity contribution in [1.82, 2.24) is 0 Å². The molecule has 316 valence electrons. The number of quaternary nitrogens is 1. The van der Waals surface area contributed by atoms with Gasteiger partial charge < -0.3 is 77.8 Å². The Kier molecular flexibility index (Phi) is 20.1. The molecule has 0 amide bonds. The number of phosphoric acid groups is 6. The van der Waals surface area contributed by atoms with Crippen LogP contribution in [0.15, 0.2) is 0 Å². The van der Waals surface area contributed by atoms with E-state index in [1.165, 1.54) is 0 Å². The quantitative estimate of drug-likeness (QED) is 0.0325. The van der Waals surface area contributed by atoms with E-state index in [0.717, 1.165) is 12.8 Å². The largest absolute Gasteiger partial charge is 0.550 e. The molecule has 0 bridgehead atoms. The zero-order valence-electron chi connectivity index (χ0n) is 27.6. The number of phosphoric ester groups is 6. The summed E-state index contributed by atoms with van der Waals surface area (Å²) in [5, 5.41) is 10.6. The van der Waals surface area contributed by atoms with Gasteiger partial charge in [0.2, 0.25) is 0 Å². The summed E-state index contributed by atoms with van der Waals surface area (Å²) in [5.74, 6) is -1.52. The average molecular weight is 905 g/mol. The minimum absolute atomic E-state index is 0.243. The Hall–Kier alpha value is -0.440. The van der Waals surface area contributed by atoms with E-state index in [0.29, 0.717) is 17.4 Å². The maximum absolute atomic E-state index is 11.4. The van der Waals surface area contributed by atoms with E-state index in [1.54, 1.807) is 0 Å². The van der Waals surface area contributed by atoms with Crippen LogP contribution >= 0.6 is 46.9 Å². The number of esters is 1. The molecule has 0 aromatic carbocycles. The molecule has 1 aliphatic rings. The van der Waals surface area contributed by atoms with Gasteiger partial charge in [-0.05, 0) is 6.42 Å². The van der Waals surface area contributed by atoms with Gasteiger partial charge in [0.25, 0.3) is 0 Å². The number of carbonyl (C=O) groups is 2. The normalized spacial score (nSPS) is 24.2. The summed E-state index contributed by atoms with van der Waals surface area (Å²) < 4.78 is 98.8. The first-order valence-corrected chi connectivity index (χ1v) is 23.1. The van der Waals surface area contributed by atoms with Crippen molar-refractivity contribution in [1.29, 1.82) is 0 Å². The molecule has 12 N–H and O–H groups in total. The van der Waals surface area contributed by atoms with Crippen molar-refractivity contribution in [3.63, 3.8) is 0 Å². The summed E-state index contributed by atoms with van der Waals surface area (Å²) in [6, 6.07) is 0. The number of carboxylic acid groups (broad SMARTS) is 1. The first-order valence-electron chi connectivity index (χ1n) is 13.9. The third-order valence-corrected chi connectivity index (χ3v) is 8.78. The first kappa shape index (κ1) is 52.6. The molecule has 1 atom stereocenters. The molecule has 0 aromatic rings. The summed E-state index contributed by atoms with van der Waals surface area (Å²) in [6.45, 7) is 2.45. The fraction of sp³-hybridized carbons (Fsp3) is 0.889. The van der Waals surface area contributed by atoms with Crippen LogP contribution in [-0.2, 0) is 68.9 Å². The molecule has 1 aliphatic carbocycles. The van der Waals surface area contributed by atoms with Gasteiger partial charge in [-0.25, -0.2) is 27.4 Å². The molecule has 1 saturated carbocycles. The van der Waals surface area contributed by atoms with E-state index in [-0.39, 0.29) is 12.4 Å². The lowest BCUT2D eigenvalue weighted by Crippen LogP contribution is -2.66. The van der Waals surface area contributed by atoms with Crippen LogP contribution in [0.2, 0.25) is 0 Å². The van der Waals surface area contributed by atoms with Gasteiger partial charge in [-0.3, -0.25) is 31.9 Å². The molecular formula is C18H41NO28P6. The van der Waals surface area contributed by atoms with Gasteiger partial charge in [0.1, 0.15) is 43.2 Å². The molecule has 0 aromatic heterocycles. The number of carboxylic acids is 1. The lowest BCUT2D eigenvalue weighted by Gasteiger charge is -2.48. The Bertz CT molecular complexity index is 1270. The second kappa shape index (κ2) is 20.3. The van der Waals surface area contributed by atoms with Crippen LogP contribution in [0.1, 0.15) is 32.6 Å². The van der Waals surface area contributed by atoms with E-state index in [2.05, 4.69) is 27.1 Å². The Morgan fingerprint density at radius 2 is 0.811 bits per heavy atom. The van der Waals surface area contributed by atoms with Gasteiger partial charge in [0.15, 0.2) is 6.10 Å². The van der Waals surface area contributed by atoms with E-state index in [1.807, 2.05) is 28.1 Å². The number of hydrogen-bond donors (Lipinski definition) is 12. The summed E-state index contributed by atoms with van der Waals surface area (Å²) in [4.78, 5) is 132. The minimum atomic E-state index is -6.02. The fourth-order valence-corrected chi connectivity index (χ4v) is 7.64. The maximum atomic E-state index is 11.4. The molecule has 0 spiro atoms. The number of likely N-dealkylation sites (N-methyl/N-ethyl adjacent to an activating group) is 1. The number of ether oxygens (including phenoxy) is 1. The maximum Gasteiger partial charge on any atom is 0.470 e. The molecule has 0 aliphatic heterocycles. The van der Waals surface area contributed by atoms with Crippen LogP contribution in [0.25, 0.3) is 0 Å². The molecule has 0 saturated heterocycles. The number of hydrogen-bond acceptors (Lipinski definition) is 16. The monoisotopic (exact) mass is 905 g/mol. The van der Waals surface area contributed by atoms with E-state index < -0.39 is 95.6 Å². The highest BCUT2D eigenvalue weighted by atomic mass is 31.2. The van der Waals surface area contributed by atoms with Crippen LogP contribution in [-0.4, -0.2) is 146 Å². The number of unbranched alkanes of at least 4 members (excludes halogenated alkanes) is 1. The topological polar surface area (TPSA) is 467 Å². The van der Waals surface area contributed by atoms with Crippen LogP contribution in [0.4, 0.5) is 0 Å². The van der Waals surface area contributed by atoms with Crippen molar-refractivity contribution in [2.45, 2.75) is 75.3 Å². The highest BCUT2D eigenvalue weighted by Gasteiger charge is 2.62. The Morgan fingerprint density at radius 1 is 0.566 bits per heavy atom. The van der Waals surface area contributed by atoms with Crippen LogP contribution in [0.5, 0.6) is 0 Å². The highest BCUT2D eigenvalue weighted by molar-refractivity contribution is 7.47. The first-order chi connectivity index (χ1) is 23.3. The second-order valence-electron chi connectivity index (χ2n) is 11.6. The zero-order valence-corrected chi connectivity index (χ0v) is 33.0. The van der Waals surface area contributed by atoms with E-state index in [9.17, 15) is 42.1 Å². The summed E-state index contributed by atoms with van der Waals surface area (Å²) in [5.41, 5.74) is 0. The van der Waals surface area contributed by atoms with Crippen LogP contribution in [0.3, 0.4) is 0 Å². The average Bonchev–Trinajstić information content (AvgIpc) is 2.84. The molecule has 35 heteroatoms. The van der Waals surface area contributed by atoms with Crippen LogP contribution in [0, 0.1) is 0 Å². The SMILES string of the molecule is CCCCC(=O)OC(CC(=O)[O-])C[N+](C)(C)C.O=P(O)(O)OC1C(OP(=O)(O)O)C(OP(=O)(O)O)C(OP(=O)(O)O)C(OP(=O)(O)O)C1OP(=O)(O)O. The van der Waals surface area contributed by atoms with Gasteiger partial charge in [-0.15, -0.1) is 0 Å². The van der Waals surface area contributed by atoms with Gasteiger partial charge in [-0.1, -0.05) is 13.3 Å². The molecular weight excluding hydrogens is 864 g/mol. The number of aliphatic carboxylic acids is 1. The Labute approximate surface area is 299 Å². The van der Waals surface area contributed by atoms with Crippen LogP contribution < -0.4 is 5.11 Å². The second-order valence-corrected chi connectivity index (χ2v) is 18.8. The van der Waals surface area contributed by atoms with Gasteiger partial charge in [0, 0.05) is 18.8 Å². The van der Waals surface area contributed by atoms with Gasteiger partial charge >= 0.3 is 52.9 Å². The number of nitrogens with zero attached hydrogens (tertiary/aromatic N) is 1. The Morgan fingerprint density at radius 3 is 0.981 bits per heavy atom. The van der Waals surface area contributed by atoms with Crippen molar-refractivity contribution in [2.75, 3.05) is 27.7 Å². The summed E-state index contributed by atoms with van der Waals surface area (Å²) in [7, 11) is -30.3. The van der Waals surface area contributed by atoms with Crippen molar-refractivity contribution >= 4 is 58.9 Å². The number of carbonyl (C=O) groups excluding carboxylic acids is 2.